The lowest BCUT2D eigenvalue weighted by Gasteiger charge is -2.07. The minimum atomic E-state index is -1.01. The van der Waals surface area contributed by atoms with Crippen LogP contribution in [0.4, 0.5) is 0 Å². The monoisotopic (exact) mass is 239 g/mol. The highest BCUT2D eigenvalue weighted by molar-refractivity contribution is 5.68. The van der Waals surface area contributed by atoms with Crippen LogP contribution >= 0.6 is 0 Å². The number of rotatable bonds is 8. The van der Waals surface area contributed by atoms with Crippen molar-refractivity contribution >= 4 is 5.97 Å². The van der Waals surface area contributed by atoms with Gasteiger partial charge in [0.05, 0.1) is 19.0 Å². The molecular weight excluding hydrogens is 222 g/mol. The van der Waals surface area contributed by atoms with Crippen molar-refractivity contribution in [3.8, 4) is 11.5 Å². The molecule has 0 aromatic carbocycles. The lowest BCUT2D eigenvalue weighted by Crippen LogP contribution is -2.09. The van der Waals surface area contributed by atoms with E-state index in [0.717, 1.165) is 19.3 Å². The molecule has 0 fully saturated rings. The van der Waals surface area contributed by atoms with Gasteiger partial charge in [0.1, 0.15) is 11.5 Å². The van der Waals surface area contributed by atoms with Gasteiger partial charge in [-0.05, 0) is 6.42 Å². The number of hydrogen-bond acceptors (Lipinski definition) is 4. The van der Waals surface area contributed by atoms with E-state index in [1.165, 1.54) is 6.20 Å². The van der Waals surface area contributed by atoms with Gasteiger partial charge in [0.15, 0.2) is 6.61 Å². The summed E-state index contributed by atoms with van der Waals surface area (Å²) in [5.74, 6) is -0.0105. The van der Waals surface area contributed by atoms with Crippen LogP contribution in [0.25, 0.3) is 0 Å². The van der Waals surface area contributed by atoms with Gasteiger partial charge in [0.2, 0.25) is 0 Å². The number of pyridine rings is 1. The molecule has 0 aliphatic heterocycles. The van der Waals surface area contributed by atoms with Crippen LogP contribution in [0, 0.1) is 0 Å². The first-order chi connectivity index (χ1) is 8.22. The molecule has 0 saturated heterocycles. The predicted octanol–water partition coefficient (Wildman–Crippen LogP) is 2.11. The second-order valence-electron chi connectivity index (χ2n) is 3.59. The Hall–Kier alpha value is -1.78. The SMILES string of the molecule is CCCCCOc1cncc(OCC(=O)O)c1. The largest absolute Gasteiger partial charge is 0.492 e. The second-order valence-corrected chi connectivity index (χ2v) is 3.59. The highest BCUT2D eigenvalue weighted by Gasteiger charge is 2.01. The highest BCUT2D eigenvalue weighted by Crippen LogP contribution is 2.17. The summed E-state index contributed by atoms with van der Waals surface area (Å²) >= 11 is 0. The van der Waals surface area contributed by atoms with Crippen LogP contribution in [-0.2, 0) is 4.79 Å². The molecule has 1 aromatic heterocycles. The van der Waals surface area contributed by atoms with E-state index >= 15 is 0 Å². The maximum atomic E-state index is 10.3. The van der Waals surface area contributed by atoms with Gasteiger partial charge in [0.25, 0.3) is 0 Å². The third-order valence-electron chi connectivity index (χ3n) is 2.07. The van der Waals surface area contributed by atoms with Crippen molar-refractivity contribution in [2.75, 3.05) is 13.2 Å². The van der Waals surface area contributed by atoms with Gasteiger partial charge in [-0.2, -0.15) is 0 Å². The molecular formula is C12H17NO4. The molecule has 5 heteroatoms. The average molecular weight is 239 g/mol. The Labute approximate surface area is 100 Å². The van der Waals surface area contributed by atoms with Crippen LogP contribution in [0.5, 0.6) is 11.5 Å². The van der Waals surface area contributed by atoms with Crippen molar-refractivity contribution < 1.29 is 19.4 Å². The van der Waals surface area contributed by atoms with Crippen LogP contribution in [0.15, 0.2) is 18.5 Å². The van der Waals surface area contributed by atoms with Crippen LogP contribution in [0.1, 0.15) is 26.2 Å². The summed E-state index contributed by atoms with van der Waals surface area (Å²) in [6.07, 6.45) is 6.31. The standard InChI is InChI=1S/C12H17NO4/c1-2-3-4-5-16-10-6-11(8-13-7-10)17-9-12(14)15/h6-8H,2-5,9H2,1H3,(H,14,15). The molecule has 1 N–H and O–H groups in total. The fourth-order valence-corrected chi connectivity index (χ4v) is 1.24. The van der Waals surface area contributed by atoms with E-state index in [4.69, 9.17) is 14.6 Å². The number of unbranched alkanes of at least 4 members (excludes halogenated alkanes) is 2. The van der Waals surface area contributed by atoms with E-state index in [-0.39, 0.29) is 6.61 Å². The summed E-state index contributed by atoms with van der Waals surface area (Å²) in [5, 5.41) is 8.47. The van der Waals surface area contributed by atoms with Gasteiger partial charge >= 0.3 is 5.97 Å². The molecule has 0 saturated carbocycles. The first kappa shape index (κ1) is 13.3. The molecule has 0 atom stereocenters. The van der Waals surface area contributed by atoms with Crippen molar-refractivity contribution in [1.29, 1.82) is 0 Å². The Morgan fingerprint density at radius 2 is 2.00 bits per heavy atom. The van der Waals surface area contributed by atoms with Crippen molar-refractivity contribution in [2.24, 2.45) is 0 Å². The Morgan fingerprint density at radius 3 is 2.65 bits per heavy atom. The van der Waals surface area contributed by atoms with Gasteiger partial charge in [0, 0.05) is 6.07 Å². The maximum Gasteiger partial charge on any atom is 0.341 e. The molecule has 5 nitrogen and oxygen atoms in total. The first-order valence-corrected chi connectivity index (χ1v) is 5.65. The van der Waals surface area contributed by atoms with E-state index in [0.29, 0.717) is 18.1 Å². The number of carbonyl (C=O) groups is 1. The average Bonchev–Trinajstić information content (AvgIpc) is 2.33. The van der Waals surface area contributed by atoms with Gasteiger partial charge in [-0.1, -0.05) is 19.8 Å². The fourth-order valence-electron chi connectivity index (χ4n) is 1.24. The van der Waals surface area contributed by atoms with Gasteiger partial charge in [-0.25, -0.2) is 4.79 Å². The molecule has 0 bridgehead atoms. The fraction of sp³-hybridized carbons (Fsp3) is 0.500. The third-order valence-corrected chi connectivity index (χ3v) is 2.07. The third kappa shape index (κ3) is 5.75. The molecule has 0 spiro atoms. The summed E-state index contributed by atoms with van der Waals surface area (Å²) in [6, 6.07) is 1.64. The van der Waals surface area contributed by atoms with Crippen molar-refractivity contribution in [1.82, 2.24) is 4.98 Å². The number of carboxylic acid groups (broad SMARTS) is 1. The Kier molecular flexibility index (Phi) is 5.85. The quantitative estimate of drug-likeness (QED) is 0.704. The zero-order chi connectivity index (χ0) is 12.5. The number of ether oxygens (including phenoxy) is 2. The van der Waals surface area contributed by atoms with Crippen molar-refractivity contribution in [3.63, 3.8) is 0 Å². The maximum absolute atomic E-state index is 10.3. The van der Waals surface area contributed by atoms with Crippen molar-refractivity contribution in [2.45, 2.75) is 26.2 Å². The molecule has 94 valence electrons. The van der Waals surface area contributed by atoms with E-state index in [2.05, 4.69) is 11.9 Å². The summed E-state index contributed by atoms with van der Waals surface area (Å²) in [7, 11) is 0. The molecule has 1 heterocycles. The molecule has 0 amide bonds. The number of nitrogens with zero attached hydrogens (tertiary/aromatic N) is 1. The number of hydrogen-bond donors (Lipinski definition) is 1. The Morgan fingerprint density at radius 1 is 1.29 bits per heavy atom. The minimum Gasteiger partial charge on any atom is -0.492 e. The van der Waals surface area contributed by atoms with Crippen LogP contribution in [-0.4, -0.2) is 29.3 Å². The highest BCUT2D eigenvalue weighted by atomic mass is 16.5. The van der Waals surface area contributed by atoms with E-state index in [1.54, 1.807) is 12.3 Å². The number of aromatic nitrogens is 1. The summed E-state index contributed by atoms with van der Waals surface area (Å²) < 4.78 is 10.5. The predicted molar refractivity (Wildman–Crippen MR) is 62.4 cm³/mol. The topological polar surface area (TPSA) is 68.7 Å². The molecule has 1 rings (SSSR count). The van der Waals surface area contributed by atoms with Gasteiger partial charge in [-0.15, -0.1) is 0 Å². The molecule has 0 aliphatic carbocycles. The molecule has 0 unspecified atom stereocenters. The minimum absolute atomic E-state index is 0.374. The summed E-state index contributed by atoms with van der Waals surface area (Å²) in [4.78, 5) is 14.2. The lowest BCUT2D eigenvalue weighted by atomic mass is 10.3. The number of carboxylic acids is 1. The summed E-state index contributed by atoms with van der Waals surface area (Å²) in [6.45, 7) is 2.39. The van der Waals surface area contributed by atoms with E-state index in [9.17, 15) is 4.79 Å². The van der Waals surface area contributed by atoms with Gasteiger partial charge < -0.3 is 14.6 Å². The molecule has 0 radical (unpaired) electrons. The van der Waals surface area contributed by atoms with Crippen LogP contribution < -0.4 is 9.47 Å². The van der Waals surface area contributed by atoms with Gasteiger partial charge in [-0.3, -0.25) is 4.98 Å². The number of aliphatic carboxylic acids is 1. The smallest absolute Gasteiger partial charge is 0.341 e. The van der Waals surface area contributed by atoms with E-state index in [1.807, 2.05) is 0 Å². The molecule has 1 aromatic rings. The Balaban J connectivity index is 2.39. The van der Waals surface area contributed by atoms with E-state index < -0.39 is 5.97 Å². The first-order valence-electron chi connectivity index (χ1n) is 5.65. The van der Waals surface area contributed by atoms with Crippen LogP contribution in [0.3, 0.4) is 0 Å². The lowest BCUT2D eigenvalue weighted by molar-refractivity contribution is -0.139. The molecule has 0 aliphatic rings. The second kappa shape index (κ2) is 7.49. The zero-order valence-electron chi connectivity index (χ0n) is 9.89. The summed E-state index contributed by atoms with van der Waals surface area (Å²) in [5.41, 5.74) is 0. The molecule has 17 heavy (non-hydrogen) atoms. The zero-order valence-corrected chi connectivity index (χ0v) is 9.89. The normalized spacial score (nSPS) is 9.94. The Bertz CT molecular complexity index is 354. The van der Waals surface area contributed by atoms with Crippen molar-refractivity contribution in [3.05, 3.63) is 18.5 Å². The van der Waals surface area contributed by atoms with Crippen LogP contribution in [0.2, 0.25) is 0 Å².